The first-order chi connectivity index (χ1) is 20.4. The number of rotatable bonds is 9. The van der Waals surface area contributed by atoms with Crippen molar-refractivity contribution >= 4 is 12.0 Å². The monoisotopic (exact) mass is 620 g/mol. The highest BCUT2D eigenvalue weighted by molar-refractivity contribution is 5.87. The third-order valence-electron chi connectivity index (χ3n) is 7.19. The molecule has 0 aliphatic carbocycles. The molecule has 0 spiro atoms. The van der Waals surface area contributed by atoms with Crippen molar-refractivity contribution in [1.29, 1.82) is 0 Å². The van der Waals surface area contributed by atoms with E-state index in [1.807, 2.05) is 0 Å². The van der Waals surface area contributed by atoms with Crippen molar-refractivity contribution < 1.29 is 84.3 Å². The number of esters is 1. The lowest BCUT2D eigenvalue weighted by atomic mass is 9.98. The molecule has 0 bridgehead atoms. The van der Waals surface area contributed by atoms with Crippen LogP contribution >= 0.6 is 0 Å². The minimum Gasteiger partial charge on any atom is -0.462 e. The first-order valence-corrected chi connectivity index (χ1v) is 13.3. The lowest BCUT2D eigenvalue weighted by Gasteiger charge is -2.43. The predicted molar refractivity (Wildman–Crippen MR) is 136 cm³/mol. The molecule has 0 unspecified atom stereocenters. The van der Waals surface area contributed by atoms with Crippen molar-refractivity contribution in [2.45, 2.75) is 86.0 Å². The molecule has 3 aliphatic heterocycles. The number of hydrogen-bond donors (Lipinski definition) is 10. The second kappa shape index (κ2) is 14.6. The van der Waals surface area contributed by atoms with Crippen LogP contribution in [-0.4, -0.2) is 163 Å². The summed E-state index contributed by atoms with van der Waals surface area (Å²) in [5, 5.41) is 99.5. The molecular formula is C26H36O17. The Kier molecular flexibility index (Phi) is 11.4. The molecule has 17 nitrogen and oxygen atoms in total. The molecule has 14 atom stereocenters. The SMILES string of the molecule is O=C(/C=C/c1ccc(O[C@@H]2O[C@H](CO)[C@@H](O)[C@H](O)[C@H]2O)cc1)OC[C@H]1O[C@@H](O)[C@H](O[C@@H]2OC[C@@H](O)[C@H](O)[C@H]2O)[C@@H](O)[C@@H]1O. The molecule has 242 valence electrons. The number of ether oxygens (including phenoxy) is 6. The smallest absolute Gasteiger partial charge is 0.330 e. The molecule has 3 fully saturated rings. The van der Waals surface area contributed by atoms with E-state index in [9.17, 15) is 55.9 Å². The summed E-state index contributed by atoms with van der Waals surface area (Å²) in [6.45, 7) is -1.56. The normalized spacial score (nSPS) is 42.1. The summed E-state index contributed by atoms with van der Waals surface area (Å²) in [5.41, 5.74) is 0.516. The van der Waals surface area contributed by atoms with Crippen molar-refractivity contribution in [3.05, 3.63) is 35.9 Å². The molecule has 3 aliphatic rings. The Hall–Kier alpha value is -2.33. The fourth-order valence-corrected chi connectivity index (χ4v) is 4.59. The molecule has 3 saturated heterocycles. The van der Waals surface area contributed by atoms with E-state index in [1.165, 1.54) is 30.3 Å². The Morgan fingerprint density at radius 3 is 2.12 bits per heavy atom. The Balaban J connectivity index is 1.24. The number of aliphatic hydroxyl groups is 10. The molecule has 43 heavy (non-hydrogen) atoms. The standard InChI is InChI=1S/C26H36O17/c27-7-13-17(31)19(33)22(36)26(42-13)40-11-4-1-10(2-5-11)3-6-15(29)38-9-14-18(32)20(34)23(24(37)41-14)43-25-21(35)16(30)12(28)8-39-25/h1-6,12-14,16-28,30-37H,7-9H2/b6-3+/t12-,13-,14-,16+,17-,18-,19+,20+,21-,22-,23-,24-,25+,26-/m1/s1. The van der Waals surface area contributed by atoms with E-state index in [2.05, 4.69) is 0 Å². The van der Waals surface area contributed by atoms with E-state index >= 15 is 0 Å². The van der Waals surface area contributed by atoms with Crippen LogP contribution in [-0.2, 0) is 28.5 Å². The van der Waals surface area contributed by atoms with Crippen molar-refractivity contribution in [1.82, 2.24) is 0 Å². The quantitative estimate of drug-likeness (QED) is 0.0911. The largest absolute Gasteiger partial charge is 0.462 e. The van der Waals surface area contributed by atoms with Gasteiger partial charge in [-0.1, -0.05) is 12.1 Å². The van der Waals surface area contributed by atoms with Gasteiger partial charge in [0, 0.05) is 6.08 Å². The Bertz CT molecular complexity index is 1070. The maximum Gasteiger partial charge on any atom is 0.330 e. The highest BCUT2D eigenvalue weighted by Gasteiger charge is 2.49. The molecule has 17 heteroatoms. The molecule has 10 N–H and O–H groups in total. The van der Waals surface area contributed by atoms with Gasteiger partial charge in [0.1, 0.15) is 79.5 Å². The van der Waals surface area contributed by atoms with E-state index in [-0.39, 0.29) is 5.75 Å². The summed E-state index contributed by atoms with van der Waals surface area (Å²) in [6.07, 6.45) is -19.3. The summed E-state index contributed by atoms with van der Waals surface area (Å²) >= 11 is 0. The minimum atomic E-state index is -1.85. The van der Waals surface area contributed by atoms with Crippen LogP contribution in [0, 0.1) is 0 Å². The summed E-state index contributed by atoms with van der Waals surface area (Å²) in [7, 11) is 0. The Morgan fingerprint density at radius 1 is 0.791 bits per heavy atom. The molecule has 4 rings (SSSR count). The van der Waals surface area contributed by atoms with Gasteiger partial charge in [-0.25, -0.2) is 4.79 Å². The zero-order valence-corrected chi connectivity index (χ0v) is 22.5. The molecule has 3 heterocycles. The summed E-state index contributed by atoms with van der Waals surface area (Å²) in [5.74, 6) is -0.642. The van der Waals surface area contributed by atoms with Gasteiger partial charge in [0.2, 0.25) is 6.29 Å². The van der Waals surface area contributed by atoms with Gasteiger partial charge in [0.15, 0.2) is 12.6 Å². The van der Waals surface area contributed by atoms with E-state index < -0.39 is 112 Å². The molecule has 0 radical (unpaired) electrons. The second-order valence-corrected chi connectivity index (χ2v) is 10.2. The molecular weight excluding hydrogens is 584 g/mol. The van der Waals surface area contributed by atoms with Gasteiger partial charge >= 0.3 is 5.97 Å². The van der Waals surface area contributed by atoms with Crippen LogP contribution in [0.15, 0.2) is 30.3 Å². The highest BCUT2D eigenvalue weighted by Crippen LogP contribution is 2.27. The number of carbonyl (C=O) groups is 1. The summed E-state index contributed by atoms with van der Waals surface area (Å²) in [4.78, 5) is 12.2. The topological polar surface area (TPSA) is 275 Å². The summed E-state index contributed by atoms with van der Waals surface area (Å²) in [6, 6.07) is 6.02. The van der Waals surface area contributed by atoms with E-state index in [0.717, 1.165) is 6.08 Å². The van der Waals surface area contributed by atoms with E-state index in [0.29, 0.717) is 5.56 Å². The third-order valence-corrected chi connectivity index (χ3v) is 7.19. The molecule has 1 aromatic rings. The number of benzene rings is 1. The second-order valence-electron chi connectivity index (χ2n) is 10.2. The van der Waals surface area contributed by atoms with Crippen molar-refractivity contribution in [3.63, 3.8) is 0 Å². The van der Waals surface area contributed by atoms with Crippen LogP contribution in [0.3, 0.4) is 0 Å². The van der Waals surface area contributed by atoms with Crippen LogP contribution < -0.4 is 4.74 Å². The lowest BCUT2D eigenvalue weighted by Crippen LogP contribution is -2.62. The van der Waals surface area contributed by atoms with Crippen LogP contribution in [0.2, 0.25) is 0 Å². The number of hydrogen-bond acceptors (Lipinski definition) is 17. The predicted octanol–water partition coefficient (Wildman–Crippen LogP) is -5.32. The zero-order valence-electron chi connectivity index (χ0n) is 22.5. The van der Waals surface area contributed by atoms with Crippen LogP contribution in [0.1, 0.15) is 5.56 Å². The molecule has 0 aromatic heterocycles. The maximum atomic E-state index is 12.2. The van der Waals surface area contributed by atoms with Crippen molar-refractivity contribution in [2.24, 2.45) is 0 Å². The minimum absolute atomic E-state index is 0.213. The maximum absolute atomic E-state index is 12.2. The fraction of sp³-hybridized carbons (Fsp3) is 0.654. The first-order valence-electron chi connectivity index (χ1n) is 13.3. The van der Waals surface area contributed by atoms with Gasteiger partial charge < -0.3 is 79.5 Å². The van der Waals surface area contributed by atoms with Crippen LogP contribution in [0.25, 0.3) is 6.08 Å². The van der Waals surface area contributed by atoms with Gasteiger partial charge in [-0.2, -0.15) is 0 Å². The average Bonchev–Trinajstić information content (AvgIpc) is 3.00. The molecule has 0 amide bonds. The van der Waals surface area contributed by atoms with E-state index in [1.54, 1.807) is 0 Å². The highest BCUT2D eigenvalue weighted by atomic mass is 16.7. The van der Waals surface area contributed by atoms with E-state index in [4.69, 9.17) is 28.4 Å². The van der Waals surface area contributed by atoms with Gasteiger partial charge in [-0.3, -0.25) is 0 Å². The van der Waals surface area contributed by atoms with Gasteiger partial charge in [0.05, 0.1) is 13.2 Å². The Morgan fingerprint density at radius 2 is 1.44 bits per heavy atom. The molecule has 0 saturated carbocycles. The average molecular weight is 621 g/mol. The van der Waals surface area contributed by atoms with Crippen LogP contribution in [0.4, 0.5) is 0 Å². The van der Waals surface area contributed by atoms with Gasteiger partial charge in [-0.15, -0.1) is 0 Å². The number of aliphatic hydroxyl groups excluding tert-OH is 10. The first kappa shape index (κ1) is 33.6. The zero-order chi connectivity index (χ0) is 31.4. The van der Waals surface area contributed by atoms with Crippen molar-refractivity contribution in [3.8, 4) is 5.75 Å². The fourth-order valence-electron chi connectivity index (χ4n) is 4.59. The molecule has 1 aromatic carbocycles. The van der Waals surface area contributed by atoms with Crippen molar-refractivity contribution in [2.75, 3.05) is 19.8 Å². The number of carbonyl (C=O) groups excluding carboxylic acids is 1. The van der Waals surface area contributed by atoms with Gasteiger partial charge in [0.25, 0.3) is 0 Å². The summed E-state index contributed by atoms with van der Waals surface area (Å²) < 4.78 is 31.4. The van der Waals surface area contributed by atoms with Gasteiger partial charge in [-0.05, 0) is 23.8 Å². The Labute approximate surface area is 244 Å². The third kappa shape index (κ3) is 7.85. The van der Waals surface area contributed by atoms with Crippen LogP contribution in [0.5, 0.6) is 5.75 Å². The lowest BCUT2D eigenvalue weighted by molar-refractivity contribution is -0.349.